The van der Waals surface area contributed by atoms with Crippen LogP contribution in [0.2, 0.25) is 0 Å². The van der Waals surface area contributed by atoms with Gasteiger partial charge in [0.1, 0.15) is 0 Å². The standard InChI is InChI=1S/C24H21NO4/c1-25-20-13-12-18-14-21(28-23(26)16-8-4-2-5-9-16)22(15-19(18)20)29-24(27)17-10-6-3-7-11-17/h2-11,14-15,20,25H,12-13H2,1H3. The molecule has 1 unspecified atom stereocenters. The molecule has 5 heteroatoms. The molecule has 0 saturated heterocycles. The first kappa shape index (κ1) is 18.9. The highest BCUT2D eigenvalue weighted by atomic mass is 16.6. The molecule has 0 fully saturated rings. The van der Waals surface area contributed by atoms with E-state index in [0.717, 1.165) is 24.0 Å². The van der Waals surface area contributed by atoms with Crippen molar-refractivity contribution in [3.63, 3.8) is 0 Å². The lowest BCUT2D eigenvalue weighted by atomic mass is 10.1. The van der Waals surface area contributed by atoms with Crippen LogP contribution in [0.3, 0.4) is 0 Å². The Kier molecular flexibility index (Phi) is 5.40. The summed E-state index contributed by atoms with van der Waals surface area (Å²) in [6.07, 6.45) is 1.80. The minimum absolute atomic E-state index is 0.179. The maximum Gasteiger partial charge on any atom is 0.343 e. The number of rotatable bonds is 5. The molecule has 0 spiro atoms. The van der Waals surface area contributed by atoms with Crippen LogP contribution in [0.5, 0.6) is 11.5 Å². The number of ether oxygens (including phenoxy) is 2. The molecule has 5 nitrogen and oxygen atoms in total. The number of nitrogens with one attached hydrogen (secondary N) is 1. The summed E-state index contributed by atoms with van der Waals surface area (Å²) in [5, 5.41) is 3.27. The lowest BCUT2D eigenvalue weighted by Crippen LogP contribution is -2.15. The summed E-state index contributed by atoms with van der Waals surface area (Å²) in [5.41, 5.74) is 3.00. The summed E-state index contributed by atoms with van der Waals surface area (Å²) < 4.78 is 11.3. The minimum atomic E-state index is -0.499. The number of hydrogen-bond donors (Lipinski definition) is 1. The molecule has 146 valence electrons. The van der Waals surface area contributed by atoms with Crippen LogP contribution in [-0.4, -0.2) is 19.0 Å². The van der Waals surface area contributed by atoms with Crippen LogP contribution in [0, 0.1) is 0 Å². The molecule has 0 amide bonds. The van der Waals surface area contributed by atoms with Gasteiger partial charge in [-0.15, -0.1) is 0 Å². The molecule has 0 saturated carbocycles. The molecule has 4 rings (SSSR count). The minimum Gasteiger partial charge on any atom is -0.419 e. The van der Waals surface area contributed by atoms with Gasteiger partial charge in [-0.1, -0.05) is 36.4 Å². The van der Waals surface area contributed by atoms with E-state index >= 15 is 0 Å². The van der Waals surface area contributed by atoms with Crippen LogP contribution in [0.15, 0.2) is 72.8 Å². The number of benzene rings is 3. The van der Waals surface area contributed by atoms with E-state index in [-0.39, 0.29) is 17.5 Å². The van der Waals surface area contributed by atoms with Crippen molar-refractivity contribution < 1.29 is 19.1 Å². The Balaban J connectivity index is 1.67. The highest BCUT2D eigenvalue weighted by Gasteiger charge is 2.26. The van der Waals surface area contributed by atoms with Gasteiger partial charge in [0.2, 0.25) is 0 Å². The van der Waals surface area contributed by atoms with Crippen molar-refractivity contribution in [2.45, 2.75) is 18.9 Å². The quantitative estimate of drug-likeness (QED) is 0.521. The lowest BCUT2D eigenvalue weighted by molar-refractivity contribution is 0.0682. The van der Waals surface area contributed by atoms with E-state index < -0.39 is 11.9 Å². The van der Waals surface area contributed by atoms with Gasteiger partial charge in [-0.2, -0.15) is 0 Å². The van der Waals surface area contributed by atoms with E-state index in [9.17, 15) is 9.59 Å². The van der Waals surface area contributed by atoms with Crippen molar-refractivity contribution in [2.75, 3.05) is 7.05 Å². The zero-order chi connectivity index (χ0) is 20.2. The Bertz CT molecular complexity index is 1030. The highest BCUT2D eigenvalue weighted by molar-refractivity contribution is 5.93. The largest absolute Gasteiger partial charge is 0.419 e. The molecular formula is C24H21NO4. The Morgan fingerprint density at radius 2 is 1.34 bits per heavy atom. The third-order valence-electron chi connectivity index (χ3n) is 5.06. The van der Waals surface area contributed by atoms with E-state index in [2.05, 4.69) is 5.32 Å². The van der Waals surface area contributed by atoms with Crippen molar-refractivity contribution in [1.82, 2.24) is 5.32 Å². The fourth-order valence-electron chi connectivity index (χ4n) is 3.54. The molecule has 0 radical (unpaired) electrons. The zero-order valence-corrected chi connectivity index (χ0v) is 16.1. The normalized spacial score (nSPS) is 14.9. The van der Waals surface area contributed by atoms with Crippen LogP contribution >= 0.6 is 0 Å². The molecule has 1 N–H and O–H groups in total. The molecule has 1 aliphatic carbocycles. The summed E-state index contributed by atoms with van der Waals surface area (Å²) >= 11 is 0. The first-order valence-electron chi connectivity index (χ1n) is 9.54. The summed E-state index contributed by atoms with van der Waals surface area (Å²) in [6, 6.07) is 21.3. The molecule has 1 aliphatic rings. The van der Waals surface area contributed by atoms with E-state index in [0.29, 0.717) is 11.1 Å². The lowest BCUT2D eigenvalue weighted by Gasteiger charge is -2.15. The van der Waals surface area contributed by atoms with E-state index in [1.54, 1.807) is 60.7 Å². The fraction of sp³-hybridized carbons (Fsp3) is 0.167. The average Bonchev–Trinajstić information content (AvgIpc) is 3.16. The fourth-order valence-corrected chi connectivity index (χ4v) is 3.54. The third kappa shape index (κ3) is 4.05. The second-order valence-corrected chi connectivity index (χ2v) is 6.89. The van der Waals surface area contributed by atoms with Crippen molar-refractivity contribution in [1.29, 1.82) is 0 Å². The average molecular weight is 387 g/mol. The predicted octanol–water partition coefficient (Wildman–Crippen LogP) is 4.33. The van der Waals surface area contributed by atoms with Crippen LogP contribution < -0.4 is 14.8 Å². The molecular weight excluding hydrogens is 366 g/mol. The smallest absolute Gasteiger partial charge is 0.343 e. The molecule has 0 aliphatic heterocycles. The van der Waals surface area contributed by atoms with Gasteiger partial charge >= 0.3 is 11.9 Å². The number of fused-ring (bicyclic) bond motifs is 1. The Labute approximate surface area is 169 Å². The van der Waals surface area contributed by atoms with E-state index in [1.165, 1.54) is 0 Å². The number of aryl methyl sites for hydroxylation is 1. The van der Waals surface area contributed by atoms with Gasteiger partial charge in [0, 0.05) is 6.04 Å². The van der Waals surface area contributed by atoms with Gasteiger partial charge in [-0.3, -0.25) is 0 Å². The van der Waals surface area contributed by atoms with Crippen molar-refractivity contribution in [2.24, 2.45) is 0 Å². The summed E-state index contributed by atoms with van der Waals surface area (Å²) in [7, 11) is 1.90. The van der Waals surface area contributed by atoms with Gasteiger partial charge in [-0.05, 0) is 67.4 Å². The number of hydrogen-bond acceptors (Lipinski definition) is 5. The first-order valence-corrected chi connectivity index (χ1v) is 9.54. The Hall–Kier alpha value is -3.44. The van der Waals surface area contributed by atoms with Crippen molar-refractivity contribution in [3.8, 4) is 11.5 Å². The van der Waals surface area contributed by atoms with Crippen molar-refractivity contribution in [3.05, 3.63) is 95.1 Å². The van der Waals surface area contributed by atoms with Gasteiger partial charge in [-0.25, -0.2) is 9.59 Å². The Morgan fingerprint density at radius 1 is 0.828 bits per heavy atom. The second kappa shape index (κ2) is 8.29. The zero-order valence-electron chi connectivity index (χ0n) is 16.1. The molecule has 3 aromatic rings. The molecule has 1 atom stereocenters. The second-order valence-electron chi connectivity index (χ2n) is 6.89. The van der Waals surface area contributed by atoms with Crippen LogP contribution in [0.4, 0.5) is 0 Å². The third-order valence-corrected chi connectivity index (χ3v) is 5.06. The van der Waals surface area contributed by atoms with E-state index in [4.69, 9.17) is 9.47 Å². The van der Waals surface area contributed by atoms with Gasteiger partial charge < -0.3 is 14.8 Å². The monoisotopic (exact) mass is 387 g/mol. The summed E-state index contributed by atoms with van der Waals surface area (Å²) in [6.45, 7) is 0. The highest BCUT2D eigenvalue weighted by Crippen LogP contribution is 2.40. The molecule has 0 aromatic heterocycles. The first-order chi connectivity index (χ1) is 14.2. The number of carbonyl (C=O) groups is 2. The number of carbonyl (C=O) groups excluding carboxylic acids is 2. The Morgan fingerprint density at radius 3 is 1.86 bits per heavy atom. The van der Waals surface area contributed by atoms with Crippen LogP contribution in [0.25, 0.3) is 0 Å². The summed E-state index contributed by atoms with van der Waals surface area (Å²) in [5.74, 6) is -0.505. The maximum absolute atomic E-state index is 12.6. The SMILES string of the molecule is CNC1CCc2cc(OC(=O)c3ccccc3)c(OC(=O)c3ccccc3)cc21. The van der Waals surface area contributed by atoms with E-state index in [1.807, 2.05) is 19.2 Å². The molecule has 29 heavy (non-hydrogen) atoms. The van der Waals surface area contributed by atoms with Gasteiger partial charge in [0.05, 0.1) is 11.1 Å². The molecule has 3 aromatic carbocycles. The molecule has 0 bridgehead atoms. The topological polar surface area (TPSA) is 64.6 Å². The van der Waals surface area contributed by atoms with Gasteiger partial charge in [0.25, 0.3) is 0 Å². The van der Waals surface area contributed by atoms with Gasteiger partial charge in [0.15, 0.2) is 11.5 Å². The number of esters is 2. The van der Waals surface area contributed by atoms with Crippen LogP contribution in [-0.2, 0) is 6.42 Å². The predicted molar refractivity (Wildman–Crippen MR) is 109 cm³/mol. The maximum atomic E-state index is 12.6. The molecule has 0 heterocycles. The summed E-state index contributed by atoms with van der Waals surface area (Å²) in [4.78, 5) is 25.2. The van der Waals surface area contributed by atoms with Crippen molar-refractivity contribution >= 4 is 11.9 Å². The van der Waals surface area contributed by atoms with Crippen LogP contribution in [0.1, 0.15) is 44.3 Å².